The van der Waals surface area contributed by atoms with Gasteiger partial charge in [0.1, 0.15) is 0 Å². The molecule has 0 heterocycles. The fourth-order valence-electron chi connectivity index (χ4n) is 0. The molecule has 0 atom stereocenters. The molecule has 0 saturated carbocycles. The zero-order chi connectivity index (χ0) is 9.58. The van der Waals surface area contributed by atoms with Gasteiger partial charge in [0.25, 0.3) is 0 Å². The van der Waals surface area contributed by atoms with Gasteiger partial charge in [-0.1, -0.05) is 0 Å². The Hall–Kier alpha value is -0.302. The Morgan fingerprint density at radius 1 is 0.727 bits per heavy atom. The Kier molecular flexibility index (Phi) is 284. The van der Waals surface area contributed by atoms with E-state index in [1.165, 1.54) is 5.92 Å². The minimum atomic E-state index is 0. The van der Waals surface area contributed by atoms with Gasteiger partial charge < -0.3 is 20.3 Å². The Balaban J connectivity index is -0.0000000152. The molecule has 0 unspecified atom stereocenters. The fraction of sp³-hybridized carbons (Fsp3) is 0.429. The molecule has 0 rings (SSSR count). The molecule has 0 N–H and O–H groups in total. The summed E-state index contributed by atoms with van der Waals surface area (Å²) in [5.41, 5.74) is 0. The van der Waals surface area contributed by atoms with Crippen LogP contribution in [0, 0.1) is 5.92 Å². The van der Waals surface area contributed by atoms with Gasteiger partial charge in [0, 0.05) is 0 Å². The second kappa shape index (κ2) is 101. The third-order valence-corrected chi connectivity index (χ3v) is 0. The van der Waals surface area contributed by atoms with E-state index in [1.807, 2.05) is 0 Å². The average molecular weight is 240 g/mol. The Labute approximate surface area is 82.8 Å². The van der Waals surface area contributed by atoms with Crippen LogP contribution >= 0.6 is 0 Å². The molecular weight excluding hydrogens is 228 g/mol. The van der Waals surface area contributed by atoms with E-state index in [4.69, 9.17) is 14.4 Å². The zero-order valence-electron chi connectivity index (χ0n) is 6.87. The van der Waals surface area contributed by atoms with Crippen LogP contribution in [0.4, 0.5) is 0 Å². The van der Waals surface area contributed by atoms with Gasteiger partial charge in [0.2, 0.25) is 0 Å². The molecule has 0 aromatic heterocycles. The van der Waals surface area contributed by atoms with E-state index < -0.39 is 0 Å². The average Bonchev–Trinajstić information content (AvgIpc) is 1.98. The first-order valence-corrected chi connectivity index (χ1v) is 2.21. The summed E-state index contributed by atoms with van der Waals surface area (Å²) in [7, 11) is 0. The van der Waals surface area contributed by atoms with Gasteiger partial charge >= 0.3 is 21.1 Å². The molecule has 11 heavy (non-hydrogen) atoms. The topological polar surface area (TPSA) is 51.2 Å². The fourth-order valence-corrected chi connectivity index (χ4v) is 0. The normalized spacial score (nSPS) is 4.36. The summed E-state index contributed by atoms with van der Waals surface area (Å²) in [6.07, 6.45) is 0. The van der Waals surface area contributed by atoms with Crippen LogP contribution in [0.25, 0.3) is 0 Å². The number of hydrogen-bond donors (Lipinski definition) is 0. The molecule has 0 fully saturated rings. The first-order valence-electron chi connectivity index (χ1n) is 2.21. The minimum Gasteiger partial charge on any atom is -0.545 e. The van der Waals surface area contributed by atoms with Gasteiger partial charge in [0.05, 0.1) is 0 Å². The molecule has 0 radical (unpaired) electrons. The summed E-state index contributed by atoms with van der Waals surface area (Å²) in [6.45, 7) is 16.0. The van der Waals surface area contributed by atoms with Gasteiger partial charge in [-0.05, 0) is 0 Å². The van der Waals surface area contributed by atoms with E-state index in [0.717, 1.165) is 0 Å². The maximum absolute atomic E-state index is 7.75. The molecule has 3 nitrogen and oxygen atoms in total. The van der Waals surface area contributed by atoms with Crippen LogP contribution < -0.4 is 0 Å². The third-order valence-electron chi connectivity index (χ3n) is 0. The molecule has 0 aromatic carbocycles. The maximum atomic E-state index is 7.75. The summed E-state index contributed by atoms with van der Waals surface area (Å²) in [5, 5.41) is 0. The number of carbonyl (C=O) groups excluding carboxylic acids is 3. The van der Waals surface area contributed by atoms with Gasteiger partial charge in [-0.25, -0.2) is 0 Å². The van der Waals surface area contributed by atoms with Crippen molar-refractivity contribution in [1.29, 1.82) is 0 Å². The molecule has 0 amide bonds. The summed E-state index contributed by atoms with van der Waals surface area (Å²) < 4.78 is 0. The number of rotatable bonds is 0. The summed E-state index contributed by atoms with van der Waals surface area (Å²) in [6, 6.07) is 0. The monoisotopic (exact) mass is 242 g/mol. The Bertz CT molecular complexity index is 35.2. The van der Waals surface area contributed by atoms with E-state index in [2.05, 4.69) is 41.1 Å². The first kappa shape index (κ1) is 31.0. The van der Waals surface area contributed by atoms with E-state index >= 15 is 0 Å². The van der Waals surface area contributed by atoms with Crippen molar-refractivity contribution in [3.63, 3.8) is 0 Å². The molecule has 0 aliphatic rings. The number of hydrogen-bond acceptors (Lipinski definition) is 3. The molecule has 4 heteroatoms. The Morgan fingerprint density at radius 2 is 0.727 bits per heavy atom. The zero-order valence-corrected chi connectivity index (χ0v) is 8.87. The minimum absolute atomic E-state index is 0. The van der Waals surface area contributed by atoms with E-state index in [0.29, 0.717) is 0 Å². The van der Waals surface area contributed by atoms with Gasteiger partial charge in [-0.15, -0.1) is 0 Å². The van der Waals surface area contributed by atoms with Crippen molar-refractivity contribution < 1.29 is 35.4 Å². The molecule has 64 valence electrons. The largest absolute Gasteiger partial charge is 4.00 e. The van der Waals surface area contributed by atoms with Gasteiger partial charge in [-0.2, -0.15) is 20.8 Å². The summed E-state index contributed by atoms with van der Waals surface area (Å²) >= 11 is 0. The standard InChI is InChI=1S/C4H9.3CHO.Mo/c1-4(2)3;3*1-2;/h1-3H3;3*1H;/q4*-1;+4. The quantitative estimate of drug-likeness (QED) is 0.357. The molecule has 0 saturated heterocycles. The van der Waals surface area contributed by atoms with Crippen molar-refractivity contribution >= 4 is 20.4 Å². The van der Waals surface area contributed by atoms with Crippen molar-refractivity contribution in [2.75, 3.05) is 0 Å². The van der Waals surface area contributed by atoms with Crippen LogP contribution in [0.1, 0.15) is 20.8 Å². The van der Waals surface area contributed by atoms with Crippen LogP contribution in [-0.2, 0) is 35.4 Å². The van der Waals surface area contributed by atoms with Crippen molar-refractivity contribution in [2.24, 2.45) is 0 Å². The van der Waals surface area contributed by atoms with Crippen molar-refractivity contribution in [3.05, 3.63) is 5.92 Å². The SMILES string of the molecule is C[C-](C)C.[CH-]=O.[CH-]=O.[CH-]=O.[Mo+4]. The van der Waals surface area contributed by atoms with E-state index in [-0.39, 0.29) is 21.1 Å². The van der Waals surface area contributed by atoms with Crippen LogP contribution in [-0.4, -0.2) is 20.4 Å². The second-order valence-electron chi connectivity index (χ2n) is 1.50. The maximum Gasteiger partial charge on any atom is 4.00 e. The third kappa shape index (κ3) is 6310. The molecule has 0 spiro atoms. The van der Waals surface area contributed by atoms with Crippen LogP contribution in [0.5, 0.6) is 0 Å². The summed E-state index contributed by atoms with van der Waals surface area (Å²) in [5.74, 6) is 1.42. The van der Waals surface area contributed by atoms with Crippen molar-refractivity contribution in [3.8, 4) is 0 Å². The van der Waals surface area contributed by atoms with E-state index in [9.17, 15) is 0 Å². The van der Waals surface area contributed by atoms with Gasteiger partial charge in [-0.3, -0.25) is 20.4 Å². The van der Waals surface area contributed by atoms with Crippen LogP contribution in [0.15, 0.2) is 0 Å². The molecule has 0 aromatic rings. The Morgan fingerprint density at radius 3 is 0.727 bits per heavy atom. The summed E-state index contributed by atoms with van der Waals surface area (Å²) in [4.78, 5) is 23.2. The first-order chi connectivity index (χ1) is 4.73. The molecule has 0 bridgehead atoms. The predicted molar refractivity (Wildman–Crippen MR) is 40.5 cm³/mol. The molecule has 0 aliphatic heterocycles. The van der Waals surface area contributed by atoms with Crippen molar-refractivity contribution in [2.45, 2.75) is 20.8 Å². The van der Waals surface area contributed by atoms with Crippen LogP contribution in [0.3, 0.4) is 0 Å². The van der Waals surface area contributed by atoms with E-state index in [1.54, 1.807) is 0 Å². The smallest absolute Gasteiger partial charge is 0.545 e. The van der Waals surface area contributed by atoms with Crippen molar-refractivity contribution in [1.82, 2.24) is 0 Å². The van der Waals surface area contributed by atoms with Gasteiger partial charge in [0.15, 0.2) is 0 Å². The van der Waals surface area contributed by atoms with Crippen LogP contribution in [0.2, 0.25) is 0 Å². The molecular formula is C7H12MoO3. The molecule has 0 aliphatic carbocycles. The second-order valence-corrected chi connectivity index (χ2v) is 1.50. The predicted octanol–water partition coefficient (Wildman–Crippen LogP) is 0.796.